The molecule has 1 aromatic heterocycles. The number of hydrogen-bond acceptors (Lipinski definition) is 5. The lowest BCUT2D eigenvalue weighted by Gasteiger charge is -2.11. The van der Waals surface area contributed by atoms with Crippen LogP contribution in [0.3, 0.4) is 0 Å². The van der Waals surface area contributed by atoms with Crippen molar-refractivity contribution in [2.24, 2.45) is 0 Å². The van der Waals surface area contributed by atoms with Crippen molar-refractivity contribution in [3.05, 3.63) is 46.8 Å². The standard InChI is InChI=1S/C15H15F3N2O4S2/c1-19-26(22,23)12-7-6-11(25-12)15(21)20-8-9-2-4-10(5-3-9)24-14(18)13(16)17/h2-7,13-14,19H,8H2,1H3,(H,20,21). The Balaban J connectivity index is 1.93. The summed E-state index contributed by atoms with van der Waals surface area (Å²) in [5, 5.41) is 2.60. The Morgan fingerprint density at radius 3 is 2.38 bits per heavy atom. The number of hydrogen-bond donors (Lipinski definition) is 2. The van der Waals surface area contributed by atoms with Crippen LogP contribution in [0.15, 0.2) is 40.6 Å². The first-order valence-electron chi connectivity index (χ1n) is 7.22. The SMILES string of the molecule is CNS(=O)(=O)c1ccc(C(=O)NCc2ccc(OC(F)C(F)F)cc2)s1. The van der Waals surface area contributed by atoms with Crippen molar-refractivity contribution in [1.82, 2.24) is 10.0 Å². The number of benzene rings is 1. The maximum atomic E-state index is 12.8. The van der Waals surface area contributed by atoms with Gasteiger partial charge in [0, 0.05) is 6.54 Å². The number of sulfonamides is 1. The van der Waals surface area contributed by atoms with E-state index in [0.29, 0.717) is 5.56 Å². The van der Waals surface area contributed by atoms with E-state index in [-0.39, 0.29) is 21.4 Å². The van der Waals surface area contributed by atoms with Crippen LogP contribution in [0.2, 0.25) is 0 Å². The molecule has 2 rings (SSSR count). The van der Waals surface area contributed by atoms with Crippen molar-refractivity contribution in [3.63, 3.8) is 0 Å². The summed E-state index contributed by atoms with van der Waals surface area (Å²) >= 11 is 0.824. The molecule has 142 valence electrons. The molecule has 0 saturated carbocycles. The van der Waals surface area contributed by atoms with Crippen LogP contribution in [0.1, 0.15) is 15.2 Å². The van der Waals surface area contributed by atoms with E-state index in [0.717, 1.165) is 11.3 Å². The third-order valence-electron chi connectivity index (χ3n) is 3.16. The molecule has 0 saturated heterocycles. The third kappa shape index (κ3) is 5.19. The van der Waals surface area contributed by atoms with E-state index in [4.69, 9.17) is 0 Å². The minimum Gasteiger partial charge on any atom is -0.454 e. The molecule has 2 aromatic rings. The van der Waals surface area contributed by atoms with Crippen molar-refractivity contribution in [2.75, 3.05) is 7.05 Å². The number of carbonyl (C=O) groups is 1. The summed E-state index contributed by atoms with van der Waals surface area (Å²) in [4.78, 5) is 12.3. The quantitative estimate of drug-likeness (QED) is 0.703. The van der Waals surface area contributed by atoms with E-state index in [9.17, 15) is 26.4 Å². The van der Waals surface area contributed by atoms with Crippen LogP contribution in [-0.4, -0.2) is 34.2 Å². The molecule has 1 atom stereocenters. The minimum atomic E-state index is -3.61. The van der Waals surface area contributed by atoms with Gasteiger partial charge >= 0.3 is 6.43 Å². The van der Waals surface area contributed by atoms with E-state index in [1.165, 1.54) is 43.4 Å². The smallest absolute Gasteiger partial charge is 0.304 e. The highest BCUT2D eigenvalue weighted by molar-refractivity contribution is 7.91. The molecule has 0 bridgehead atoms. The Morgan fingerprint density at radius 2 is 1.81 bits per heavy atom. The molecule has 1 aromatic carbocycles. The summed E-state index contributed by atoms with van der Waals surface area (Å²) in [7, 11) is -2.34. The Kier molecular flexibility index (Phi) is 6.62. The second kappa shape index (κ2) is 8.52. The van der Waals surface area contributed by atoms with Gasteiger partial charge in [-0.15, -0.1) is 11.3 Å². The fourth-order valence-corrected chi connectivity index (χ4v) is 3.88. The molecule has 0 aliphatic carbocycles. The molecule has 1 unspecified atom stereocenters. The third-order valence-corrected chi connectivity index (χ3v) is 6.15. The molecular formula is C15H15F3N2O4S2. The van der Waals surface area contributed by atoms with E-state index in [1.807, 2.05) is 0 Å². The van der Waals surface area contributed by atoms with Gasteiger partial charge in [-0.2, -0.15) is 4.39 Å². The molecule has 0 spiro atoms. The van der Waals surface area contributed by atoms with Crippen molar-refractivity contribution < 1.29 is 31.1 Å². The second-order valence-corrected chi connectivity index (χ2v) is 8.15. The zero-order valence-corrected chi connectivity index (χ0v) is 15.0. The Bertz CT molecular complexity index is 854. The number of alkyl halides is 3. The van der Waals surface area contributed by atoms with Gasteiger partial charge in [0.1, 0.15) is 9.96 Å². The van der Waals surface area contributed by atoms with Crippen molar-refractivity contribution in [3.8, 4) is 5.75 Å². The van der Waals surface area contributed by atoms with Crippen LogP contribution in [0.25, 0.3) is 0 Å². The fraction of sp³-hybridized carbons (Fsp3) is 0.267. The number of nitrogens with one attached hydrogen (secondary N) is 2. The predicted molar refractivity (Wildman–Crippen MR) is 89.7 cm³/mol. The zero-order chi connectivity index (χ0) is 19.3. The van der Waals surface area contributed by atoms with Gasteiger partial charge in [-0.05, 0) is 36.9 Å². The van der Waals surface area contributed by atoms with Crippen molar-refractivity contribution in [2.45, 2.75) is 23.5 Å². The van der Waals surface area contributed by atoms with Crippen LogP contribution in [0.5, 0.6) is 5.75 Å². The van der Waals surface area contributed by atoms with Gasteiger partial charge in [0.05, 0.1) is 4.88 Å². The van der Waals surface area contributed by atoms with Gasteiger partial charge in [-0.1, -0.05) is 12.1 Å². The van der Waals surface area contributed by atoms with Crippen LogP contribution < -0.4 is 14.8 Å². The largest absolute Gasteiger partial charge is 0.454 e. The van der Waals surface area contributed by atoms with Crippen LogP contribution in [0.4, 0.5) is 13.2 Å². The van der Waals surface area contributed by atoms with E-state index >= 15 is 0 Å². The van der Waals surface area contributed by atoms with Gasteiger partial charge < -0.3 is 10.1 Å². The molecule has 1 heterocycles. The first-order valence-corrected chi connectivity index (χ1v) is 9.52. The highest BCUT2D eigenvalue weighted by Gasteiger charge is 2.20. The Hall–Kier alpha value is -2.11. The first-order chi connectivity index (χ1) is 12.2. The molecule has 0 fully saturated rings. The second-order valence-electron chi connectivity index (χ2n) is 4.96. The number of rotatable bonds is 8. The molecule has 6 nitrogen and oxygen atoms in total. The van der Waals surface area contributed by atoms with E-state index in [2.05, 4.69) is 14.8 Å². The summed E-state index contributed by atoms with van der Waals surface area (Å²) in [5.74, 6) is -0.526. The summed E-state index contributed by atoms with van der Waals surface area (Å²) in [6.45, 7) is 0.110. The Labute approximate surface area is 152 Å². The lowest BCUT2D eigenvalue weighted by molar-refractivity contribution is -0.0669. The van der Waals surface area contributed by atoms with Gasteiger partial charge in [0.2, 0.25) is 10.0 Å². The minimum absolute atomic E-state index is 0.0199. The predicted octanol–water partition coefficient (Wildman–Crippen LogP) is 2.53. The van der Waals surface area contributed by atoms with Crippen LogP contribution in [-0.2, 0) is 16.6 Å². The molecule has 0 aliphatic rings. The van der Waals surface area contributed by atoms with Crippen molar-refractivity contribution >= 4 is 27.3 Å². The number of ether oxygens (including phenoxy) is 1. The molecule has 0 radical (unpaired) electrons. The van der Waals surface area contributed by atoms with Gasteiger partial charge in [0.15, 0.2) is 0 Å². The van der Waals surface area contributed by atoms with Crippen LogP contribution >= 0.6 is 11.3 Å². The highest BCUT2D eigenvalue weighted by Crippen LogP contribution is 2.21. The van der Waals surface area contributed by atoms with E-state index < -0.39 is 28.7 Å². The van der Waals surface area contributed by atoms with Gasteiger partial charge in [0.25, 0.3) is 12.3 Å². The topological polar surface area (TPSA) is 84.5 Å². The lowest BCUT2D eigenvalue weighted by Crippen LogP contribution is -2.22. The van der Waals surface area contributed by atoms with Gasteiger partial charge in [-0.25, -0.2) is 21.9 Å². The summed E-state index contributed by atoms with van der Waals surface area (Å²) in [6, 6.07) is 8.30. The number of thiophene rings is 1. The van der Waals surface area contributed by atoms with Crippen LogP contribution in [0, 0.1) is 0 Å². The summed E-state index contributed by atoms with van der Waals surface area (Å²) in [6.07, 6.45) is -5.95. The molecule has 26 heavy (non-hydrogen) atoms. The lowest BCUT2D eigenvalue weighted by atomic mass is 10.2. The number of carbonyl (C=O) groups excluding carboxylic acids is 1. The molecule has 11 heteroatoms. The molecular weight excluding hydrogens is 393 g/mol. The molecule has 2 N–H and O–H groups in total. The average Bonchev–Trinajstić information content (AvgIpc) is 3.12. The fourth-order valence-electron chi connectivity index (χ4n) is 1.82. The maximum absolute atomic E-state index is 12.8. The normalized spacial score (nSPS) is 12.8. The molecule has 1 amide bonds. The molecule has 0 aliphatic heterocycles. The van der Waals surface area contributed by atoms with Crippen molar-refractivity contribution in [1.29, 1.82) is 0 Å². The monoisotopic (exact) mass is 408 g/mol. The highest BCUT2D eigenvalue weighted by atomic mass is 32.2. The first kappa shape index (κ1) is 20.2. The average molecular weight is 408 g/mol. The number of halogens is 3. The summed E-state index contributed by atoms with van der Waals surface area (Å²) in [5.41, 5.74) is 0.623. The summed E-state index contributed by atoms with van der Waals surface area (Å²) < 4.78 is 66.8. The Morgan fingerprint density at radius 1 is 1.15 bits per heavy atom. The van der Waals surface area contributed by atoms with E-state index in [1.54, 1.807) is 0 Å². The zero-order valence-electron chi connectivity index (χ0n) is 13.4. The van der Waals surface area contributed by atoms with Gasteiger partial charge in [-0.3, -0.25) is 4.79 Å². The maximum Gasteiger partial charge on any atom is 0.304 e. The number of amides is 1.